The van der Waals surface area contributed by atoms with Crippen molar-refractivity contribution in [2.24, 2.45) is 0 Å². The molecule has 0 aliphatic rings. The highest BCUT2D eigenvalue weighted by atomic mass is 32.2. The predicted molar refractivity (Wildman–Crippen MR) is 130 cm³/mol. The van der Waals surface area contributed by atoms with Crippen molar-refractivity contribution in [3.63, 3.8) is 0 Å². The minimum Gasteiger partial charge on any atom is -0.507 e. The van der Waals surface area contributed by atoms with Crippen molar-refractivity contribution < 1.29 is 23.4 Å². The Bertz CT molecular complexity index is 1350. The third-order valence-electron chi connectivity index (χ3n) is 5.94. The van der Waals surface area contributed by atoms with Gasteiger partial charge in [-0.15, -0.1) is 0 Å². The van der Waals surface area contributed by atoms with Crippen LogP contribution in [0.2, 0.25) is 0 Å². The first-order valence-corrected chi connectivity index (χ1v) is 12.5. The van der Waals surface area contributed by atoms with E-state index in [9.17, 15) is 28.2 Å². The number of aryl methyl sites for hydroxylation is 1. The highest BCUT2D eigenvalue weighted by molar-refractivity contribution is 7.92. The summed E-state index contributed by atoms with van der Waals surface area (Å²) in [5.41, 5.74) is 2.12. The Balaban J connectivity index is 1.80. The van der Waals surface area contributed by atoms with Gasteiger partial charge in [0.25, 0.3) is 11.5 Å². The van der Waals surface area contributed by atoms with Crippen LogP contribution in [-0.4, -0.2) is 46.7 Å². The molecule has 0 saturated heterocycles. The SMILES string of the molecule is Cc1ccc(-c2ccn(C(O)CC(C)(CNC(=O)c3ccccc3O)S(C)(=O)=O)c(=O)c2)cc1. The smallest absolute Gasteiger partial charge is 0.255 e. The lowest BCUT2D eigenvalue weighted by molar-refractivity contribution is 0.0767. The quantitative estimate of drug-likeness (QED) is 0.451. The Morgan fingerprint density at radius 2 is 1.74 bits per heavy atom. The van der Waals surface area contributed by atoms with E-state index in [1.807, 2.05) is 31.2 Å². The second-order valence-corrected chi connectivity index (χ2v) is 11.2. The van der Waals surface area contributed by atoms with Crippen molar-refractivity contribution in [1.82, 2.24) is 9.88 Å². The lowest BCUT2D eigenvalue weighted by Gasteiger charge is -2.30. The molecule has 3 N–H and O–H groups in total. The van der Waals surface area contributed by atoms with Gasteiger partial charge in [0, 0.05) is 31.5 Å². The summed E-state index contributed by atoms with van der Waals surface area (Å²) in [6, 6.07) is 16.6. The number of para-hydroxylation sites is 1. The van der Waals surface area contributed by atoms with Crippen molar-refractivity contribution in [2.45, 2.75) is 31.2 Å². The molecule has 3 aromatic rings. The van der Waals surface area contributed by atoms with Crippen LogP contribution in [0.1, 0.15) is 35.5 Å². The summed E-state index contributed by atoms with van der Waals surface area (Å²) >= 11 is 0. The summed E-state index contributed by atoms with van der Waals surface area (Å²) in [4.78, 5) is 25.2. The van der Waals surface area contributed by atoms with Gasteiger partial charge in [-0.3, -0.25) is 14.2 Å². The number of hydrogen-bond donors (Lipinski definition) is 3. The molecule has 0 radical (unpaired) electrons. The molecule has 180 valence electrons. The first-order valence-electron chi connectivity index (χ1n) is 10.6. The summed E-state index contributed by atoms with van der Waals surface area (Å²) in [5, 5.41) is 23.1. The Kier molecular flexibility index (Phi) is 7.28. The molecule has 0 aliphatic carbocycles. The monoisotopic (exact) mass is 484 g/mol. The summed E-state index contributed by atoms with van der Waals surface area (Å²) in [6.45, 7) is 3.02. The molecule has 0 aliphatic heterocycles. The second kappa shape index (κ2) is 9.82. The van der Waals surface area contributed by atoms with Crippen LogP contribution in [0, 0.1) is 6.92 Å². The number of rotatable bonds is 8. The molecule has 1 aromatic heterocycles. The Hall–Kier alpha value is -3.43. The number of carbonyl (C=O) groups is 1. The maximum absolute atomic E-state index is 12.7. The first-order chi connectivity index (χ1) is 15.9. The number of pyridine rings is 1. The van der Waals surface area contributed by atoms with Crippen molar-refractivity contribution in [3.05, 3.63) is 88.3 Å². The van der Waals surface area contributed by atoms with Crippen LogP contribution in [0.4, 0.5) is 0 Å². The summed E-state index contributed by atoms with van der Waals surface area (Å²) < 4.78 is 24.7. The Morgan fingerprint density at radius 1 is 1.09 bits per heavy atom. The fourth-order valence-electron chi connectivity index (χ4n) is 3.53. The van der Waals surface area contributed by atoms with E-state index in [1.165, 1.54) is 31.3 Å². The number of carbonyl (C=O) groups excluding carboxylic acids is 1. The molecular formula is C25H28N2O6S. The van der Waals surface area contributed by atoms with Gasteiger partial charge in [-0.05, 0) is 43.2 Å². The number of sulfone groups is 1. The van der Waals surface area contributed by atoms with Gasteiger partial charge >= 0.3 is 0 Å². The lowest BCUT2D eigenvalue weighted by atomic mass is 10.0. The van der Waals surface area contributed by atoms with Crippen molar-refractivity contribution in [3.8, 4) is 16.9 Å². The maximum atomic E-state index is 12.7. The van der Waals surface area contributed by atoms with E-state index in [4.69, 9.17) is 0 Å². The van der Waals surface area contributed by atoms with Gasteiger partial charge in [-0.25, -0.2) is 8.42 Å². The van der Waals surface area contributed by atoms with Crippen LogP contribution in [-0.2, 0) is 9.84 Å². The molecule has 0 fully saturated rings. The highest BCUT2D eigenvalue weighted by Gasteiger charge is 2.39. The van der Waals surface area contributed by atoms with Crippen LogP contribution < -0.4 is 10.9 Å². The summed E-state index contributed by atoms with van der Waals surface area (Å²) in [7, 11) is -3.78. The average molecular weight is 485 g/mol. The average Bonchev–Trinajstić information content (AvgIpc) is 2.77. The van der Waals surface area contributed by atoms with E-state index in [2.05, 4.69) is 5.32 Å². The van der Waals surface area contributed by atoms with Crippen LogP contribution in [0.25, 0.3) is 11.1 Å². The number of hydrogen-bond acceptors (Lipinski definition) is 6. The number of phenolic OH excluding ortho intramolecular Hbond substituents is 1. The number of phenols is 1. The number of aromatic hydroxyl groups is 1. The number of aliphatic hydroxyl groups excluding tert-OH is 1. The molecule has 0 bridgehead atoms. The maximum Gasteiger partial charge on any atom is 0.255 e. The third kappa shape index (κ3) is 5.55. The van der Waals surface area contributed by atoms with E-state index >= 15 is 0 Å². The van der Waals surface area contributed by atoms with Crippen LogP contribution >= 0.6 is 0 Å². The normalized spacial score (nSPS) is 14.2. The Morgan fingerprint density at radius 3 is 2.32 bits per heavy atom. The number of aromatic nitrogens is 1. The van der Waals surface area contributed by atoms with Gasteiger partial charge < -0.3 is 15.5 Å². The molecule has 8 nitrogen and oxygen atoms in total. The van der Waals surface area contributed by atoms with Gasteiger partial charge in [0.1, 0.15) is 12.0 Å². The van der Waals surface area contributed by atoms with Crippen LogP contribution in [0.15, 0.2) is 71.7 Å². The lowest BCUT2D eigenvalue weighted by Crippen LogP contribution is -2.48. The number of amides is 1. The minimum absolute atomic E-state index is 0.00168. The zero-order chi connectivity index (χ0) is 25.1. The molecule has 1 heterocycles. The summed E-state index contributed by atoms with van der Waals surface area (Å²) in [5.74, 6) is -0.886. The van der Waals surface area contributed by atoms with E-state index in [0.717, 1.165) is 21.9 Å². The number of nitrogens with zero attached hydrogens (tertiary/aromatic N) is 1. The molecule has 3 rings (SSSR count). The van der Waals surface area contributed by atoms with E-state index in [-0.39, 0.29) is 24.3 Å². The second-order valence-electron chi connectivity index (χ2n) is 8.63. The number of aliphatic hydroxyl groups is 1. The zero-order valence-electron chi connectivity index (χ0n) is 19.2. The predicted octanol–water partition coefficient (Wildman–Crippen LogP) is 2.64. The van der Waals surface area contributed by atoms with Crippen LogP contribution in [0.3, 0.4) is 0 Å². The number of nitrogens with one attached hydrogen (secondary N) is 1. The largest absolute Gasteiger partial charge is 0.507 e. The first kappa shape index (κ1) is 25.2. The van der Waals surface area contributed by atoms with E-state index in [0.29, 0.717) is 5.56 Å². The molecular weight excluding hydrogens is 456 g/mol. The fourth-order valence-corrected chi connectivity index (χ4v) is 4.32. The minimum atomic E-state index is -3.78. The zero-order valence-corrected chi connectivity index (χ0v) is 20.0. The fraction of sp³-hybridized carbons (Fsp3) is 0.280. The standard InChI is InChI=1S/C25H28N2O6S/c1-17-8-10-18(11-9-17)19-12-13-27(22(29)14-19)23(30)15-25(2,34(3,32)33)16-26-24(31)20-6-4-5-7-21(20)28/h4-14,23,28,30H,15-16H2,1-3H3,(H,26,31). The van der Waals surface area contributed by atoms with Gasteiger partial charge in [0.2, 0.25) is 0 Å². The van der Waals surface area contributed by atoms with Gasteiger partial charge in [-0.2, -0.15) is 0 Å². The molecule has 34 heavy (non-hydrogen) atoms. The van der Waals surface area contributed by atoms with Gasteiger partial charge in [-0.1, -0.05) is 42.0 Å². The van der Waals surface area contributed by atoms with Crippen molar-refractivity contribution in [2.75, 3.05) is 12.8 Å². The topological polar surface area (TPSA) is 126 Å². The third-order valence-corrected chi connectivity index (χ3v) is 8.04. The molecule has 2 unspecified atom stereocenters. The molecule has 0 spiro atoms. The van der Waals surface area contributed by atoms with Crippen LogP contribution in [0.5, 0.6) is 5.75 Å². The molecule has 2 aromatic carbocycles. The molecule has 9 heteroatoms. The Labute approximate surface area is 198 Å². The van der Waals surface area contributed by atoms with Gasteiger partial charge in [0.15, 0.2) is 9.84 Å². The van der Waals surface area contributed by atoms with Crippen molar-refractivity contribution >= 4 is 15.7 Å². The van der Waals surface area contributed by atoms with E-state index < -0.39 is 32.3 Å². The van der Waals surface area contributed by atoms with Gasteiger partial charge in [0.05, 0.1) is 10.3 Å². The number of benzene rings is 2. The van der Waals surface area contributed by atoms with Crippen molar-refractivity contribution in [1.29, 1.82) is 0 Å². The molecule has 2 atom stereocenters. The highest BCUT2D eigenvalue weighted by Crippen LogP contribution is 2.27. The molecule has 1 amide bonds. The summed E-state index contributed by atoms with van der Waals surface area (Å²) in [6.07, 6.45) is 0.651. The molecule has 0 saturated carbocycles. The van der Waals surface area contributed by atoms with E-state index in [1.54, 1.807) is 18.2 Å².